The van der Waals surface area contributed by atoms with Crippen molar-refractivity contribution in [1.29, 1.82) is 0 Å². The largest absolute Gasteiger partial charge is 0.481 e. The molecule has 0 bridgehead atoms. The number of benzene rings is 2. The molecule has 1 atom stereocenters. The van der Waals surface area contributed by atoms with Gasteiger partial charge in [0, 0.05) is 37.0 Å². The minimum Gasteiger partial charge on any atom is -0.481 e. The van der Waals surface area contributed by atoms with Crippen LogP contribution < -0.4 is 20.9 Å². The van der Waals surface area contributed by atoms with Crippen LogP contribution in [-0.4, -0.2) is 75.7 Å². The van der Waals surface area contributed by atoms with Gasteiger partial charge in [-0.05, 0) is 69.3 Å². The SMILES string of the molecule is CC(=O)O.CC1CN(c2nc(-c3ccc(NC(=O)Nc4ccccc4)cc3)nc3c2cnn3C2CCNCC2)CCO1. The number of anilines is 3. The van der Waals surface area contributed by atoms with Gasteiger partial charge in [0.15, 0.2) is 11.5 Å². The lowest BCUT2D eigenvalue weighted by Crippen LogP contribution is -2.41. The molecule has 6 rings (SSSR count). The molecule has 220 valence electrons. The zero-order valence-electron chi connectivity index (χ0n) is 23.8. The summed E-state index contributed by atoms with van der Waals surface area (Å²) in [6, 6.07) is 17.0. The number of nitrogens with one attached hydrogen (secondary N) is 3. The summed E-state index contributed by atoms with van der Waals surface area (Å²) in [6.45, 7) is 7.32. The van der Waals surface area contributed by atoms with Crippen molar-refractivity contribution in [3.63, 3.8) is 0 Å². The normalized spacial score (nSPS) is 17.3. The lowest BCUT2D eigenvalue weighted by Gasteiger charge is -2.32. The number of carbonyl (C=O) groups excluding carboxylic acids is 1. The molecule has 2 saturated heterocycles. The predicted octanol–water partition coefficient (Wildman–Crippen LogP) is 4.38. The number of piperidine rings is 1. The van der Waals surface area contributed by atoms with Crippen LogP contribution in [-0.2, 0) is 9.53 Å². The van der Waals surface area contributed by atoms with Crippen LogP contribution in [0.4, 0.5) is 22.0 Å². The third kappa shape index (κ3) is 7.20. The summed E-state index contributed by atoms with van der Waals surface area (Å²) in [7, 11) is 0. The van der Waals surface area contributed by atoms with Crippen molar-refractivity contribution in [1.82, 2.24) is 25.1 Å². The first-order valence-electron chi connectivity index (χ1n) is 14.1. The minimum absolute atomic E-state index is 0.129. The van der Waals surface area contributed by atoms with Crippen LogP contribution in [0.1, 0.15) is 32.7 Å². The lowest BCUT2D eigenvalue weighted by molar-refractivity contribution is -0.134. The molecule has 4 heterocycles. The Balaban J connectivity index is 0.000000830. The molecule has 12 nitrogen and oxygen atoms in total. The van der Waals surface area contributed by atoms with Crippen LogP contribution in [0.5, 0.6) is 0 Å². The number of amides is 2. The molecule has 2 amide bonds. The maximum absolute atomic E-state index is 12.4. The molecule has 0 radical (unpaired) electrons. The van der Waals surface area contributed by atoms with Gasteiger partial charge in [0.2, 0.25) is 0 Å². The van der Waals surface area contributed by atoms with Gasteiger partial charge < -0.3 is 30.7 Å². The highest BCUT2D eigenvalue weighted by atomic mass is 16.5. The number of ether oxygens (including phenoxy) is 1. The molecule has 2 fully saturated rings. The number of aromatic nitrogens is 4. The van der Waals surface area contributed by atoms with Crippen LogP contribution in [0.2, 0.25) is 0 Å². The Morgan fingerprint density at radius 2 is 1.67 bits per heavy atom. The average Bonchev–Trinajstić information content (AvgIpc) is 3.42. The zero-order chi connectivity index (χ0) is 29.5. The monoisotopic (exact) mass is 572 g/mol. The van der Waals surface area contributed by atoms with Gasteiger partial charge in [-0.2, -0.15) is 5.10 Å². The van der Waals surface area contributed by atoms with Crippen molar-refractivity contribution in [2.24, 2.45) is 0 Å². The van der Waals surface area contributed by atoms with Crippen molar-refractivity contribution >= 4 is 40.2 Å². The van der Waals surface area contributed by atoms with E-state index in [1.807, 2.05) is 60.8 Å². The standard InChI is InChI=1S/C28H32N8O2.C2H4O2/c1-19-18-35(15-16-38-19)26-24-17-30-36(23-11-13-29-14-12-23)27(24)34-25(33-26)20-7-9-22(10-8-20)32-28(37)31-21-5-3-2-4-6-21;1-2(3)4/h2-10,17,19,23,29H,11-16,18H2,1H3,(H2,31,32,37);1H3,(H,3,4). The van der Waals surface area contributed by atoms with E-state index in [1.54, 1.807) is 0 Å². The number of aliphatic carboxylic acids is 1. The predicted molar refractivity (Wildman–Crippen MR) is 162 cm³/mol. The molecule has 2 aromatic heterocycles. The van der Waals surface area contributed by atoms with Crippen LogP contribution in [0.3, 0.4) is 0 Å². The van der Waals surface area contributed by atoms with E-state index in [-0.39, 0.29) is 12.1 Å². The number of rotatable bonds is 5. The Morgan fingerprint density at radius 1 is 1.00 bits per heavy atom. The first-order chi connectivity index (χ1) is 20.4. The molecule has 1 unspecified atom stereocenters. The Labute approximate surface area is 244 Å². The maximum Gasteiger partial charge on any atom is 0.323 e. The fourth-order valence-electron chi connectivity index (χ4n) is 5.13. The van der Waals surface area contributed by atoms with E-state index < -0.39 is 5.97 Å². The van der Waals surface area contributed by atoms with Crippen molar-refractivity contribution in [2.45, 2.75) is 38.8 Å². The molecule has 2 aromatic carbocycles. The van der Waals surface area contributed by atoms with Crippen LogP contribution >= 0.6 is 0 Å². The molecule has 4 N–H and O–H groups in total. The summed E-state index contributed by atoms with van der Waals surface area (Å²) >= 11 is 0. The molecule has 2 aliphatic heterocycles. The Kier molecular flexibility index (Phi) is 9.25. The van der Waals surface area contributed by atoms with Crippen molar-refractivity contribution in [3.05, 3.63) is 60.8 Å². The van der Waals surface area contributed by atoms with E-state index in [0.29, 0.717) is 24.2 Å². The molecule has 42 heavy (non-hydrogen) atoms. The topological polar surface area (TPSA) is 147 Å². The molecule has 12 heteroatoms. The highest BCUT2D eigenvalue weighted by Gasteiger charge is 2.25. The molecule has 2 aliphatic rings. The second-order valence-electron chi connectivity index (χ2n) is 10.3. The molecular weight excluding hydrogens is 536 g/mol. The van der Waals surface area contributed by atoms with E-state index in [0.717, 1.165) is 74.0 Å². The first kappa shape index (κ1) is 29.0. The third-order valence-corrected chi connectivity index (χ3v) is 7.06. The third-order valence-electron chi connectivity index (χ3n) is 7.06. The number of carboxylic acid groups (broad SMARTS) is 1. The van der Waals surface area contributed by atoms with Gasteiger partial charge >= 0.3 is 6.03 Å². The fourth-order valence-corrected chi connectivity index (χ4v) is 5.13. The summed E-state index contributed by atoms with van der Waals surface area (Å²) in [4.78, 5) is 33.7. The molecule has 0 spiro atoms. The summed E-state index contributed by atoms with van der Waals surface area (Å²) in [5.41, 5.74) is 3.16. The number of carbonyl (C=O) groups is 2. The van der Waals surface area contributed by atoms with Crippen LogP contribution in [0.25, 0.3) is 22.4 Å². The molecule has 0 aliphatic carbocycles. The summed E-state index contributed by atoms with van der Waals surface area (Å²) in [6.07, 6.45) is 4.08. The highest BCUT2D eigenvalue weighted by molar-refractivity contribution is 5.99. The number of urea groups is 1. The van der Waals surface area contributed by atoms with Gasteiger partial charge in [-0.25, -0.2) is 19.4 Å². The molecular formula is C30H36N8O4. The number of nitrogens with zero attached hydrogens (tertiary/aromatic N) is 5. The molecule has 4 aromatic rings. The number of fused-ring (bicyclic) bond motifs is 1. The summed E-state index contributed by atoms with van der Waals surface area (Å²) in [5.74, 6) is 0.701. The highest BCUT2D eigenvalue weighted by Crippen LogP contribution is 2.32. The quantitative estimate of drug-likeness (QED) is 0.274. The van der Waals surface area contributed by atoms with E-state index in [2.05, 4.69) is 32.5 Å². The van der Waals surface area contributed by atoms with E-state index in [9.17, 15) is 4.79 Å². The Hall–Kier alpha value is -4.55. The number of hydrogen-bond acceptors (Lipinski definition) is 8. The Morgan fingerprint density at radius 3 is 2.33 bits per heavy atom. The fraction of sp³-hybridized carbons (Fsp3) is 0.367. The van der Waals surface area contributed by atoms with Gasteiger partial charge in [-0.15, -0.1) is 0 Å². The first-order valence-corrected chi connectivity index (χ1v) is 14.1. The van der Waals surface area contributed by atoms with Gasteiger partial charge in [-0.3, -0.25) is 4.79 Å². The second-order valence-corrected chi connectivity index (χ2v) is 10.3. The maximum atomic E-state index is 12.4. The lowest BCUT2D eigenvalue weighted by atomic mass is 10.1. The summed E-state index contributed by atoms with van der Waals surface area (Å²) < 4.78 is 7.87. The number of para-hydroxylation sites is 1. The van der Waals surface area contributed by atoms with Gasteiger partial charge in [0.05, 0.1) is 30.3 Å². The van der Waals surface area contributed by atoms with Gasteiger partial charge in [0.25, 0.3) is 5.97 Å². The molecule has 0 saturated carbocycles. The van der Waals surface area contributed by atoms with Gasteiger partial charge in [0.1, 0.15) is 5.82 Å². The zero-order valence-corrected chi connectivity index (χ0v) is 23.8. The van der Waals surface area contributed by atoms with E-state index in [1.165, 1.54) is 0 Å². The average molecular weight is 573 g/mol. The van der Waals surface area contributed by atoms with Crippen LogP contribution in [0, 0.1) is 0 Å². The van der Waals surface area contributed by atoms with Crippen molar-refractivity contribution in [3.8, 4) is 11.4 Å². The Bertz CT molecular complexity index is 1500. The van der Waals surface area contributed by atoms with Gasteiger partial charge in [-0.1, -0.05) is 18.2 Å². The summed E-state index contributed by atoms with van der Waals surface area (Å²) in [5, 5.41) is 22.3. The number of morpholine rings is 1. The van der Waals surface area contributed by atoms with Crippen molar-refractivity contribution in [2.75, 3.05) is 48.3 Å². The van der Waals surface area contributed by atoms with E-state index >= 15 is 0 Å². The number of hydrogen-bond donors (Lipinski definition) is 4. The van der Waals surface area contributed by atoms with E-state index in [4.69, 9.17) is 29.7 Å². The minimum atomic E-state index is -0.833. The van der Waals surface area contributed by atoms with Crippen molar-refractivity contribution < 1.29 is 19.4 Å². The van der Waals surface area contributed by atoms with Crippen LogP contribution in [0.15, 0.2) is 60.8 Å². The second kappa shape index (κ2) is 13.4. The smallest absolute Gasteiger partial charge is 0.323 e. The number of carboxylic acids is 1.